The SMILES string of the molecule is C1=C\CC2CC2C(NCc2ccccc2)CC/1. The molecular weight excluding hydrogens is 206 g/mol. The summed E-state index contributed by atoms with van der Waals surface area (Å²) >= 11 is 0. The molecule has 0 aliphatic heterocycles. The van der Waals surface area contributed by atoms with Crippen LogP contribution in [-0.2, 0) is 6.54 Å². The average Bonchev–Trinajstić information content (AvgIpc) is 3.09. The van der Waals surface area contributed by atoms with Gasteiger partial charge in [-0.2, -0.15) is 0 Å². The van der Waals surface area contributed by atoms with Crippen molar-refractivity contribution in [2.24, 2.45) is 11.8 Å². The predicted molar refractivity (Wildman–Crippen MR) is 71.7 cm³/mol. The maximum Gasteiger partial charge on any atom is 0.0208 e. The number of rotatable bonds is 3. The minimum absolute atomic E-state index is 0.741. The van der Waals surface area contributed by atoms with Crippen molar-refractivity contribution in [3.63, 3.8) is 0 Å². The molecule has 3 atom stereocenters. The molecular formula is C16H21N. The van der Waals surface area contributed by atoms with Crippen LogP contribution in [0.15, 0.2) is 42.5 Å². The summed E-state index contributed by atoms with van der Waals surface area (Å²) in [5.74, 6) is 1.92. The third-order valence-corrected chi connectivity index (χ3v) is 4.16. The molecule has 1 N–H and O–H groups in total. The normalized spacial score (nSPS) is 33.3. The van der Waals surface area contributed by atoms with E-state index >= 15 is 0 Å². The second-order valence-corrected chi connectivity index (χ2v) is 5.42. The molecule has 1 fully saturated rings. The fourth-order valence-electron chi connectivity index (χ4n) is 3.01. The number of allylic oxidation sites excluding steroid dienone is 2. The Labute approximate surface area is 104 Å². The maximum atomic E-state index is 3.76. The first-order chi connectivity index (χ1) is 8.43. The van der Waals surface area contributed by atoms with Crippen molar-refractivity contribution in [1.29, 1.82) is 0 Å². The molecule has 3 rings (SSSR count). The topological polar surface area (TPSA) is 12.0 Å². The smallest absolute Gasteiger partial charge is 0.0208 e. The van der Waals surface area contributed by atoms with Crippen molar-refractivity contribution < 1.29 is 0 Å². The summed E-state index contributed by atoms with van der Waals surface area (Å²) in [4.78, 5) is 0. The third-order valence-electron chi connectivity index (χ3n) is 4.16. The Bertz CT molecular complexity index is 382. The lowest BCUT2D eigenvalue weighted by Gasteiger charge is -2.19. The maximum absolute atomic E-state index is 3.76. The van der Waals surface area contributed by atoms with E-state index in [9.17, 15) is 0 Å². The molecule has 2 aliphatic rings. The first-order valence-electron chi connectivity index (χ1n) is 6.86. The van der Waals surface area contributed by atoms with Crippen LogP contribution in [0.4, 0.5) is 0 Å². The molecule has 1 heteroatoms. The third kappa shape index (κ3) is 2.78. The van der Waals surface area contributed by atoms with Crippen molar-refractivity contribution in [2.75, 3.05) is 0 Å². The van der Waals surface area contributed by atoms with Gasteiger partial charge < -0.3 is 5.32 Å². The van der Waals surface area contributed by atoms with E-state index in [0.717, 1.165) is 24.4 Å². The Balaban J connectivity index is 1.56. The standard InChI is InChI=1S/C16H21N/c1-3-7-13(8-4-1)12-17-16-10-6-2-5-9-14-11-15(14)16/h1-5,7-8,14-17H,6,9-12H2/b5-2-. The highest BCUT2D eigenvalue weighted by Gasteiger charge is 2.41. The molecule has 0 bridgehead atoms. The van der Waals surface area contributed by atoms with E-state index in [4.69, 9.17) is 0 Å². The van der Waals surface area contributed by atoms with E-state index in [-0.39, 0.29) is 0 Å². The molecule has 1 saturated carbocycles. The van der Waals surface area contributed by atoms with Gasteiger partial charge >= 0.3 is 0 Å². The van der Waals surface area contributed by atoms with Crippen LogP contribution < -0.4 is 5.32 Å². The minimum atomic E-state index is 0.741. The first kappa shape index (κ1) is 11.0. The molecule has 0 saturated heterocycles. The second kappa shape index (κ2) is 5.05. The van der Waals surface area contributed by atoms with Crippen molar-refractivity contribution in [1.82, 2.24) is 5.32 Å². The number of hydrogen-bond acceptors (Lipinski definition) is 1. The van der Waals surface area contributed by atoms with Gasteiger partial charge in [0.25, 0.3) is 0 Å². The molecule has 3 unspecified atom stereocenters. The average molecular weight is 227 g/mol. The number of fused-ring (bicyclic) bond motifs is 1. The van der Waals surface area contributed by atoms with Gasteiger partial charge in [-0.05, 0) is 43.1 Å². The van der Waals surface area contributed by atoms with Crippen LogP contribution >= 0.6 is 0 Å². The molecule has 1 nitrogen and oxygen atoms in total. The zero-order valence-electron chi connectivity index (χ0n) is 10.3. The van der Waals surface area contributed by atoms with E-state index in [1.807, 2.05) is 0 Å². The highest BCUT2D eigenvalue weighted by atomic mass is 14.9. The van der Waals surface area contributed by atoms with Crippen LogP contribution in [0.25, 0.3) is 0 Å². The Kier molecular flexibility index (Phi) is 3.28. The van der Waals surface area contributed by atoms with Crippen molar-refractivity contribution in [3.05, 3.63) is 48.0 Å². The van der Waals surface area contributed by atoms with Crippen molar-refractivity contribution in [2.45, 2.75) is 38.3 Å². The van der Waals surface area contributed by atoms with Gasteiger partial charge in [-0.25, -0.2) is 0 Å². The molecule has 1 aromatic carbocycles. The van der Waals surface area contributed by atoms with E-state index < -0.39 is 0 Å². The van der Waals surface area contributed by atoms with Gasteiger partial charge in [0.15, 0.2) is 0 Å². The summed E-state index contributed by atoms with van der Waals surface area (Å²) in [6.45, 7) is 1.03. The van der Waals surface area contributed by atoms with E-state index in [1.54, 1.807) is 0 Å². The molecule has 0 spiro atoms. The van der Waals surface area contributed by atoms with Crippen LogP contribution in [0.1, 0.15) is 31.2 Å². The van der Waals surface area contributed by atoms with E-state index in [2.05, 4.69) is 47.8 Å². The second-order valence-electron chi connectivity index (χ2n) is 5.42. The molecule has 1 aromatic rings. The summed E-state index contributed by atoms with van der Waals surface area (Å²) in [5.41, 5.74) is 1.40. The molecule has 0 radical (unpaired) electrons. The summed E-state index contributed by atoms with van der Waals surface area (Å²) in [7, 11) is 0. The summed E-state index contributed by atoms with van der Waals surface area (Å²) in [5, 5.41) is 3.76. The highest BCUT2D eigenvalue weighted by molar-refractivity contribution is 5.14. The lowest BCUT2D eigenvalue weighted by Crippen LogP contribution is -2.31. The Morgan fingerprint density at radius 3 is 2.88 bits per heavy atom. The van der Waals surface area contributed by atoms with Gasteiger partial charge in [-0.3, -0.25) is 0 Å². The first-order valence-corrected chi connectivity index (χ1v) is 6.86. The molecule has 0 amide bonds. The molecule has 90 valence electrons. The van der Waals surface area contributed by atoms with E-state index in [1.165, 1.54) is 31.2 Å². The van der Waals surface area contributed by atoms with Crippen LogP contribution in [0.5, 0.6) is 0 Å². The highest BCUT2D eigenvalue weighted by Crippen LogP contribution is 2.46. The fraction of sp³-hybridized carbons (Fsp3) is 0.500. The van der Waals surface area contributed by atoms with Crippen LogP contribution in [0.3, 0.4) is 0 Å². The lowest BCUT2D eigenvalue weighted by molar-refractivity contribution is 0.413. The Morgan fingerprint density at radius 1 is 1.12 bits per heavy atom. The molecule has 0 aromatic heterocycles. The summed E-state index contributed by atoms with van der Waals surface area (Å²) in [6.07, 6.45) is 10.1. The number of hydrogen-bond donors (Lipinski definition) is 1. The monoisotopic (exact) mass is 227 g/mol. The minimum Gasteiger partial charge on any atom is -0.310 e. The van der Waals surface area contributed by atoms with E-state index in [0.29, 0.717) is 0 Å². The lowest BCUT2D eigenvalue weighted by atomic mass is 10.0. The van der Waals surface area contributed by atoms with Crippen LogP contribution in [-0.4, -0.2) is 6.04 Å². The zero-order valence-corrected chi connectivity index (χ0v) is 10.3. The van der Waals surface area contributed by atoms with Gasteiger partial charge in [0.1, 0.15) is 0 Å². The fourth-order valence-corrected chi connectivity index (χ4v) is 3.01. The van der Waals surface area contributed by atoms with Gasteiger partial charge in [-0.1, -0.05) is 42.5 Å². The van der Waals surface area contributed by atoms with Gasteiger partial charge in [0.2, 0.25) is 0 Å². The van der Waals surface area contributed by atoms with Crippen molar-refractivity contribution >= 4 is 0 Å². The Hall–Kier alpha value is -1.08. The summed E-state index contributed by atoms with van der Waals surface area (Å²) < 4.78 is 0. The summed E-state index contributed by atoms with van der Waals surface area (Å²) in [6, 6.07) is 11.5. The van der Waals surface area contributed by atoms with Gasteiger partial charge in [-0.15, -0.1) is 0 Å². The van der Waals surface area contributed by atoms with Gasteiger partial charge in [0.05, 0.1) is 0 Å². The van der Waals surface area contributed by atoms with Crippen LogP contribution in [0.2, 0.25) is 0 Å². The molecule has 0 heterocycles. The quantitative estimate of drug-likeness (QED) is 0.779. The number of benzene rings is 1. The zero-order chi connectivity index (χ0) is 11.5. The van der Waals surface area contributed by atoms with Gasteiger partial charge in [0, 0.05) is 12.6 Å². The largest absolute Gasteiger partial charge is 0.310 e. The number of nitrogens with one attached hydrogen (secondary N) is 1. The molecule has 2 aliphatic carbocycles. The van der Waals surface area contributed by atoms with Crippen LogP contribution in [0, 0.1) is 11.8 Å². The molecule has 17 heavy (non-hydrogen) atoms. The van der Waals surface area contributed by atoms with Crippen molar-refractivity contribution in [3.8, 4) is 0 Å². The predicted octanol–water partition coefficient (Wildman–Crippen LogP) is 3.52. The Morgan fingerprint density at radius 2 is 2.00 bits per heavy atom.